The first-order chi connectivity index (χ1) is 6.11. The van der Waals surface area contributed by atoms with Crippen LogP contribution in [0.3, 0.4) is 0 Å². The summed E-state index contributed by atoms with van der Waals surface area (Å²) >= 11 is 0. The zero-order chi connectivity index (χ0) is 9.90. The van der Waals surface area contributed by atoms with Gasteiger partial charge in [-0.2, -0.15) is 0 Å². The highest BCUT2D eigenvalue weighted by atomic mass is 16.3. The van der Waals surface area contributed by atoms with Crippen molar-refractivity contribution in [3.8, 4) is 0 Å². The van der Waals surface area contributed by atoms with Crippen LogP contribution < -0.4 is 0 Å². The van der Waals surface area contributed by atoms with Crippen LogP contribution in [-0.4, -0.2) is 16.3 Å². The SMILES string of the molecule is C=C[C@](O)(c1ccccc1)[C@H](C)O. The lowest BCUT2D eigenvalue weighted by Crippen LogP contribution is -2.35. The topological polar surface area (TPSA) is 40.5 Å². The summed E-state index contributed by atoms with van der Waals surface area (Å²) < 4.78 is 0. The second-order valence-electron chi connectivity index (χ2n) is 3.07. The van der Waals surface area contributed by atoms with Crippen molar-refractivity contribution < 1.29 is 10.2 Å². The highest BCUT2D eigenvalue weighted by Gasteiger charge is 2.30. The monoisotopic (exact) mass is 178 g/mol. The van der Waals surface area contributed by atoms with Gasteiger partial charge >= 0.3 is 0 Å². The Hall–Kier alpha value is -1.12. The van der Waals surface area contributed by atoms with Gasteiger partial charge in [-0.1, -0.05) is 43.0 Å². The quantitative estimate of drug-likeness (QED) is 0.687. The third-order valence-electron chi connectivity index (χ3n) is 2.18. The van der Waals surface area contributed by atoms with Crippen LogP contribution in [0.15, 0.2) is 43.0 Å². The normalized spacial score (nSPS) is 17.5. The molecule has 0 spiro atoms. The van der Waals surface area contributed by atoms with Crippen molar-refractivity contribution in [1.29, 1.82) is 0 Å². The van der Waals surface area contributed by atoms with Crippen molar-refractivity contribution in [1.82, 2.24) is 0 Å². The number of hydrogen-bond acceptors (Lipinski definition) is 2. The molecule has 1 aromatic rings. The standard InChI is InChI=1S/C11H14O2/c1-3-11(13,9(2)12)10-7-5-4-6-8-10/h3-9,12-13H,1H2,2H3/t9-,11+/m0/s1. The highest BCUT2D eigenvalue weighted by molar-refractivity contribution is 5.27. The molecule has 2 N–H and O–H groups in total. The van der Waals surface area contributed by atoms with Crippen LogP contribution in [0.2, 0.25) is 0 Å². The molecule has 13 heavy (non-hydrogen) atoms. The number of aliphatic hydroxyl groups is 2. The Kier molecular flexibility index (Phi) is 2.86. The summed E-state index contributed by atoms with van der Waals surface area (Å²) in [6.07, 6.45) is 0.486. The first kappa shape index (κ1) is 9.96. The van der Waals surface area contributed by atoms with Crippen LogP contribution >= 0.6 is 0 Å². The molecule has 0 aromatic heterocycles. The van der Waals surface area contributed by atoms with Crippen LogP contribution in [0.5, 0.6) is 0 Å². The molecule has 2 heteroatoms. The molecule has 0 fully saturated rings. The molecule has 2 nitrogen and oxygen atoms in total. The smallest absolute Gasteiger partial charge is 0.133 e. The van der Waals surface area contributed by atoms with Gasteiger partial charge in [0.15, 0.2) is 0 Å². The Morgan fingerprint density at radius 1 is 1.38 bits per heavy atom. The molecule has 0 amide bonds. The number of benzene rings is 1. The molecule has 0 aliphatic carbocycles. The minimum atomic E-state index is -1.35. The van der Waals surface area contributed by atoms with Crippen molar-refractivity contribution in [2.24, 2.45) is 0 Å². The summed E-state index contributed by atoms with van der Waals surface area (Å²) in [7, 11) is 0. The molecule has 0 heterocycles. The van der Waals surface area contributed by atoms with Gasteiger partial charge in [0.2, 0.25) is 0 Å². The van der Waals surface area contributed by atoms with Crippen LogP contribution in [0.4, 0.5) is 0 Å². The van der Waals surface area contributed by atoms with Gasteiger partial charge in [-0.25, -0.2) is 0 Å². The lowest BCUT2D eigenvalue weighted by molar-refractivity contribution is -0.0332. The van der Waals surface area contributed by atoms with Crippen molar-refractivity contribution >= 4 is 0 Å². The molecule has 0 bridgehead atoms. The van der Waals surface area contributed by atoms with Crippen LogP contribution in [0, 0.1) is 0 Å². The van der Waals surface area contributed by atoms with E-state index in [0.717, 1.165) is 0 Å². The molecule has 0 radical (unpaired) electrons. The Labute approximate surface area is 78.2 Å². The van der Waals surface area contributed by atoms with Gasteiger partial charge in [0.05, 0.1) is 6.10 Å². The summed E-state index contributed by atoms with van der Waals surface area (Å²) in [4.78, 5) is 0. The molecule has 0 aliphatic heterocycles. The first-order valence-electron chi connectivity index (χ1n) is 4.21. The second-order valence-corrected chi connectivity index (χ2v) is 3.07. The molecule has 1 aromatic carbocycles. The van der Waals surface area contributed by atoms with E-state index in [-0.39, 0.29) is 0 Å². The third kappa shape index (κ3) is 1.79. The number of rotatable bonds is 3. The third-order valence-corrected chi connectivity index (χ3v) is 2.18. The summed E-state index contributed by atoms with van der Waals surface area (Å²) in [6, 6.07) is 9.00. The van der Waals surface area contributed by atoms with E-state index < -0.39 is 11.7 Å². The van der Waals surface area contributed by atoms with Crippen LogP contribution in [0.1, 0.15) is 12.5 Å². The Morgan fingerprint density at radius 2 is 1.92 bits per heavy atom. The fourth-order valence-electron chi connectivity index (χ4n) is 1.23. The molecule has 0 saturated carbocycles. The summed E-state index contributed by atoms with van der Waals surface area (Å²) in [5.74, 6) is 0. The van der Waals surface area contributed by atoms with E-state index in [4.69, 9.17) is 0 Å². The van der Waals surface area contributed by atoms with Gasteiger partial charge in [0.25, 0.3) is 0 Å². The number of hydrogen-bond donors (Lipinski definition) is 2. The van der Waals surface area contributed by atoms with E-state index in [1.807, 2.05) is 18.2 Å². The zero-order valence-corrected chi connectivity index (χ0v) is 7.64. The highest BCUT2D eigenvalue weighted by Crippen LogP contribution is 2.25. The van der Waals surface area contributed by atoms with Gasteiger partial charge < -0.3 is 10.2 Å². The summed E-state index contributed by atoms with van der Waals surface area (Å²) in [5, 5.41) is 19.4. The largest absolute Gasteiger partial charge is 0.390 e. The van der Waals surface area contributed by atoms with E-state index in [9.17, 15) is 10.2 Å². The maximum Gasteiger partial charge on any atom is 0.133 e. The Morgan fingerprint density at radius 3 is 2.31 bits per heavy atom. The van der Waals surface area contributed by atoms with Crippen LogP contribution in [-0.2, 0) is 5.60 Å². The minimum absolute atomic E-state index is 0.653. The van der Waals surface area contributed by atoms with Gasteiger partial charge in [0, 0.05) is 0 Å². The molecule has 0 saturated heterocycles. The second kappa shape index (κ2) is 3.73. The maximum atomic E-state index is 10.0. The molecule has 1 rings (SSSR count). The first-order valence-corrected chi connectivity index (χ1v) is 4.21. The molecule has 0 unspecified atom stereocenters. The Bertz CT molecular complexity index is 279. The van der Waals surface area contributed by atoms with Crippen molar-refractivity contribution in [2.45, 2.75) is 18.6 Å². The van der Waals surface area contributed by atoms with Crippen molar-refractivity contribution in [3.05, 3.63) is 48.6 Å². The zero-order valence-electron chi connectivity index (χ0n) is 7.64. The van der Waals surface area contributed by atoms with E-state index in [2.05, 4.69) is 6.58 Å². The average molecular weight is 178 g/mol. The van der Waals surface area contributed by atoms with E-state index in [0.29, 0.717) is 5.56 Å². The Balaban J connectivity index is 3.10. The van der Waals surface area contributed by atoms with Gasteiger partial charge in [0.1, 0.15) is 5.60 Å². The van der Waals surface area contributed by atoms with Crippen LogP contribution in [0.25, 0.3) is 0 Å². The van der Waals surface area contributed by atoms with Crippen molar-refractivity contribution in [2.75, 3.05) is 0 Å². The van der Waals surface area contributed by atoms with Gasteiger partial charge in [-0.05, 0) is 12.5 Å². The van der Waals surface area contributed by atoms with Gasteiger partial charge in [-0.15, -0.1) is 0 Å². The van der Waals surface area contributed by atoms with Crippen molar-refractivity contribution in [3.63, 3.8) is 0 Å². The average Bonchev–Trinajstić information content (AvgIpc) is 2.17. The maximum absolute atomic E-state index is 10.0. The van der Waals surface area contributed by atoms with Gasteiger partial charge in [-0.3, -0.25) is 0 Å². The lowest BCUT2D eigenvalue weighted by atomic mass is 9.89. The minimum Gasteiger partial charge on any atom is -0.390 e. The number of aliphatic hydroxyl groups excluding tert-OH is 1. The predicted molar refractivity (Wildman–Crippen MR) is 52.2 cm³/mol. The molecule has 2 atom stereocenters. The van der Waals surface area contributed by atoms with E-state index in [1.165, 1.54) is 13.0 Å². The summed E-state index contributed by atoms with van der Waals surface area (Å²) in [5.41, 5.74) is -0.693. The summed E-state index contributed by atoms with van der Waals surface area (Å²) in [6.45, 7) is 5.06. The van der Waals surface area contributed by atoms with E-state index >= 15 is 0 Å². The molecular formula is C11H14O2. The fraction of sp³-hybridized carbons (Fsp3) is 0.273. The molecule has 70 valence electrons. The molecule has 0 aliphatic rings. The lowest BCUT2D eigenvalue weighted by Gasteiger charge is -2.27. The predicted octanol–water partition coefficient (Wildman–Crippen LogP) is 1.44. The fourth-order valence-corrected chi connectivity index (χ4v) is 1.23. The van der Waals surface area contributed by atoms with E-state index in [1.54, 1.807) is 12.1 Å². The molecular weight excluding hydrogens is 164 g/mol.